The number of nitrogens with two attached hydrogens (primary N) is 3. The Morgan fingerprint density at radius 1 is 1.43 bits per heavy atom. The number of hydrogen-bond acceptors (Lipinski definition) is 4. The summed E-state index contributed by atoms with van der Waals surface area (Å²) in [6.07, 6.45) is 0.513. The first-order valence-electron chi connectivity index (χ1n) is 4.30. The first-order chi connectivity index (χ1) is 6.57. The van der Waals surface area contributed by atoms with Crippen LogP contribution in [-0.4, -0.2) is 11.7 Å². The number of aromatic hydroxyl groups is 1. The van der Waals surface area contributed by atoms with Gasteiger partial charge in [-0.25, -0.2) is 4.39 Å². The van der Waals surface area contributed by atoms with Gasteiger partial charge in [-0.15, -0.1) is 0 Å². The molecule has 0 heterocycles. The summed E-state index contributed by atoms with van der Waals surface area (Å²) in [4.78, 5) is 0. The van der Waals surface area contributed by atoms with Gasteiger partial charge in [0, 0.05) is 11.6 Å². The van der Waals surface area contributed by atoms with Crippen molar-refractivity contribution in [2.75, 3.05) is 12.3 Å². The van der Waals surface area contributed by atoms with Gasteiger partial charge in [-0.1, -0.05) is 6.07 Å². The van der Waals surface area contributed by atoms with E-state index in [1.807, 2.05) is 0 Å². The van der Waals surface area contributed by atoms with Gasteiger partial charge in [0.2, 0.25) is 0 Å². The smallest absolute Gasteiger partial charge is 0.149 e. The largest absolute Gasteiger partial charge is 0.505 e. The van der Waals surface area contributed by atoms with Gasteiger partial charge in [-0.2, -0.15) is 0 Å². The van der Waals surface area contributed by atoms with Crippen LogP contribution < -0.4 is 17.2 Å². The van der Waals surface area contributed by atoms with E-state index < -0.39 is 11.9 Å². The molecule has 0 aliphatic carbocycles. The van der Waals surface area contributed by atoms with Crippen molar-refractivity contribution in [1.82, 2.24) is 0 Å². The zero-order valence-corrected chi connectivity index (χ0v) is 7.70. The third-order valence-corrected chi connectivity index (χ3v) is 2.07. The predicted octanol–water partition coefficient (Wildman–Crippen LogP) is 0.462. The number of anilines is 1. The van der Waals surface area contributed by atoms with Gasteiger partial charge in [-0.05, 0) is 19.0 Å². The van der Waals surface area contributed by atoms with E-state index in [0.29, 0.717) is 18.5 Å². The molecule has 0 amide bonds. The second-order valence-corrected chi connectivity index (χ2v) is 3.08. The van der Waals surface area contributed by atoms with Gasteiger partial charge < -0.3 is 22.3 Å². The molecular formula is C9H14FN3O. The molecular weight excluding hydrogens is 185 g/mol. The lowest BCUT2D eigenvalue weighted by atomic mass is 10.0. The van der Waals surface area contributed by atoms with E-state index in [2.05, 4.69) is 0 Å². The van der Waals surface area contributed by atoms with Crippen LogP contribution in [0.2, 0.25) is 0 Å². The molecule has 0 spiro atoms. The van der Waals surface area contributed by atoms with E-state index in [4.69, 9.17) is 17.2 Å². The second kappa shape index (κ2) is 4.26. The summed E-state index contributed by atoms with van der Waals surface area (Å²) in [6.45, 7) is 0.401. The van der Waals surface area contributed by atoms with Gasteiger partial charge in [0.1, 0.15) is 17.3 Å². The molecule has 1 rings (SSSR count). The molecule has 14 heavy (non-hydrogen) atoms. The standard InChI is InChI=1S/C9H14FN3O/c10-6-2-1-5(7(12)3-4-11)9(14)8(6)13/h1-2,7,14H,3-4,11-13H2. The predicted molar refractivity (Wildman–Crippen MR) is 53.1 cm³/mol. The number of benzene rings is 1. The summed E-state index contributed by atoms with van der Waals surface area (Å²) in [5.41, 5.74) is 16.5. The molecule has 4 nitrogen and oxygen atoms in total. The molecule has 0 aromatic heterocycles. The second-order valence-electron chi connectivity index (χ2n) is 3.08. The number of phenolic OH excluding ortho intramolecular Hbond substituents is 1. The number of hydrogen-bond donors (Lipinski definition) is 4. The molecule has 0 bridgehead atoms. The Morgan fingerprint density at radius 3 is 2.64 bits per heavy atom. The average Bonchev–Trinajstić information content (AvgIpc) is 2.15. The maximum Gasteiger partial charge on any atom is 0.149 e. The van der Waals surface area contributed by atoms with Gasteiger partial charge in [-0.3, -0.25) is 0 Å². The summed E-state index contributed by atoms with van der Waals surface area (Å²) in [5, 5.41) is 9.49. The van der Waals surface area contributed by atoms with Gasteiger partial charge in [0.15, 0.2) is 0 Å². The van der Waals surface area contributed by atoms with Crippen LogP contribution in [0, 0.1) is 5.82 Å². The van der Waals surface area contributed by atoms with Crippen molar-refractivity contribution in [2.24, 2.45) is 11.5 Å². The molecule has 1 aromatic rings. The van der Waals surface area contributed by atoms with Crippen LogP contribution in [-0.2, 0) is 0 Å². The molecule has 0 saturated heterocycles. The Balaban J connectivity index is 3.04. The Morgan fingerprint density at radius 2 is 2.07 bits per heavy atom. The van der Waals surface area contributed by atoms with E-state index in [1.54, 1.807) is 0 Å². The normalized spacial score (nSPS) is 12.8. The van der Waals surface area contributed by atoms with Gasteiger partial charge in [0.25, 0.3) is 0 Å². The molecule has 1 unspecified atom stereocenters. The Hall–Kier alpha value is -1.33. The van der Waals surface area contributed by atoms with Crippen LogP contribution in [0.15, 0.2) is 12.1 Å². The molecule has 0 saturated carbocycles. The fourth-order valence-electron chi connectivity index (χ4n) is 1.23. The maximum absolute atomic E-state index is 12.9. The SMILES string of the molecule is NCCC(N)c1ccc(F)c(N)c1O. The molecule has 0 fully saturated rings. The monoisotopic (exact) mass is 199 g/mol. The molecule has 0 aliphatic heterocycles. The Bertz CT molecular complexity index is 330. The minimum atomic E-state index is -0.647. The third kappa shape index (κ3) is 1.94. The summed E-state index contributed by atoms with van der Waals surface area (Å²) in [7, 11) is 0. The van der Waals surface area contributed by atoms with Crippen molar-refractivity contribution in [1.29, 1.82) is 0 Å². The summed E-state index contributed by atoms with van der Waals surface area (Å²) in [5.74, 6) is -0.933. The van der Waals surface area contributed by atoms with E-state index >= 15 is 0 Å². The zero-order chi connectivity index (χ0) is 10.7. The van der Waals surface area contributed by atoms with Crippen LogP contribution in [0.1, 0.15) is 18.0 Å². The van der Waals surface area contributed by atoms with Gasteiger partial charge >= 0.3 is 0 Å². The molecule has 7 N–H and O–H groups in total. The average molecular weight is 199 g/mol. The summed E-state index contributed by atoms with van der Waals surface area (Å²) >= 11 is 0. The molecule has 1 aromatic carbocycles. The number of nitrogen functional groups attached to an aromatic ring is 1. The van der Waals surface area contributed by atoms with Crippen LogP contribution in [0.4, 0.5) is 10.1 Å². The van der Waals surface area contributed by atoms with E-state index in [-0.39, 0.29) is 11.4 Å². The fraction of sp³-hybridized carbons (Fsp3) is 0.333. The molecule has 1 atom stereocenters. The minimum absolute atomic E-state index is 0.269. The molecule has 78 valence electrons. The van der Waals surface area contributed by atoms with E-state index in [9.17, 15) is 9.50 Å². The molecule has 0 radical (unpaired) electrons. The first-order valence-corrected chi connectivity index (χ1v) is 4.30. The van der Waals surface area contributed by atoms with E-state index in [1.165, 1.54) is 12.1 Å². The topological polar surface area (TPSA) is 98.3 Å². The number of rotatable bonds is 3. The van der Waals surface area contributed by atoms with Crippen molar-refractivity contribution >= 4 is 5.69 Å². The zero-order valence-electron chi connectivity index (χ0n) is 7.70. The minimum Gasteiger partial charge on any atom is -0.505 e. The van der Waals surface area contributed by atoms with Crippen LogP contribution in [0.25, 0.3) is 0 Å². The lowest BCUT2D eigenvalue weighted by molar-refractivity contribution is 0.457. The molecule has 5 heteroatoms. The third-order valence-electron chi connectivity index (χ3n) is 2.07. The number of phenols is 1. The number of halogens is 1. The highest BCUT2D eigenvalue weighted by atomic mass is 19.1. The lowest BCUT2D eigenvalue weighted by Crippen LogP contribution is -2.16. The fourth-order valence-corrected chi connectivity index (χ4v) is 1.23. The van der Waals surface area contributed by atoms with Crippen LogP contribution in [0.5, 0.6) is 5.75 Å². The van der Waals surface area contributed by atoms with Crippen molar-refractivity contribution in [2.45, 2.75) is 12.5 Å². The van der Waals surface area contributed by atoms with Crippen molar-refractivity contribution in [3.63, 3.8) is 0 Å². The van der Waals surface area contributed by atoms with Gasteiger partial charge in [0.05, 0.1) is 0 Å². The maximum atomic E-state index is 12.9. The van der Waals surface area contributed by atoms with Crippen molar-refractivity contribution in [3.05, 3.63) is 23.5 Å². The van der Waals surface area contributed by atoms with Crippen LogP contribution >= 0.6 is 0 Å². The quantitative estimate of drug-likeness (QED) is 0.420. The molecule has 0 aliphatic rings. The highest BCUT2D eigenvalue weighted by Crippen LogP contribution is 2.31. The van der Waals surface area contributed by atoms with Crippen molar-refractivity contribution in [3.8, 4) is 5.75 Å². The lowest BCUT2D eigenvalue weighted by Gasteiger charge is -2.13. The van der Waals surface area contributed by atoms with Crippen LogP contribution in [0.3, 0.4) is 0 Å². The Kier molecular flexibility index (Phi) is 3.27. The Labute approximate surface area is 81.5 Å². The highest BCUT2D eigenvalue weighted by molar-refractivity contribution is 5.57. The first kappa shape index (κ1) is 10.7. The van der Waals surface area contributed by atoms with Crippen molar-refractivity contribution < 1.29 is 9.50 Å². The summed E-state index contributed by atoms with van der Waals surface area (Å²) in [6, 6.07) is 2.19. The highest BCUT2D eigenvalue weighted by Gasteiger charge is 2.14. The van der Waals surface area contributed by atoms with E-state index in [0.717, 1.165) is 0 Å². The summed E-state index contributed by atoms with van der Waals surface area (Å²) < 4.78 is 12.9.